The van der Waals surface area contributed by atoms with E-state index in [0.29, 0.717) is 22.5 Å². The van der Waals surface area contributed by atoms with Crippen molar-refractivity contribution in [3.05, 3.63) is 39.2 Å². The van der Waals surface area contributed by atoms with E-state index in [-0.39, 0.29) is 13.0 Å². The lowest BCUT2D eigenvalue weighted by molar-refractivity contribution is -0.142. The van der Waals surface area contributed by atoms with Crippen LogP contribution in [0, 0.1) is 6.92 Å². The van der Waals surface area contributed by atoms with Gasteiger partial charge in [0.25, 0.3) is 0 Å². The molecule has 0 radical (unpaired) electrons. The molecule has 0 atom stereocenters. The highest BCUT2D eigenvalue weighted by atomic mass is 16.5. The molecular formula is C22H28O6. The Morgan fingerprint density at radius 3 is 2.50 bits per heavy atom. The summed E-state index contributed by atoms with van der Waals surface area (Å²) in [5.74, 6) is -0.474. The van der Waals surface area contributed by atoms with E-state index in [0.717, 1.165) is 43.1 Å². The van der Waals surface area contributed by atoms with Gasteiger partial charge in [-0.15, -0.1) is 0 Å². The van der Waals surface area contributed by atoms with Crippen LogP contribution in [0.5, 0.6) is 5.75 Å². The first-order valence-corrected chi connectivity index (χ1v) is 9.80. The summed E-state index contributed by atoms with van der Waals surface area (Å²) in [6.45, 7) is 7.26. The SMILES string of the molecule is CCCCCCc1cc2c(C)c(CC(=O)OCC)c(=O)oc2cc1OC(C)=O. The topological polar surface area (TPSA) is 82.8 Å². The predicted octanol–water partition coefficient (Wildman–Crippen LogP) is 4.26. The largest absolute Gasteiger partial charge is 0.466 e. The van der Waals surface area contributed by atoms with Gasteiger partial charge in [-0.3, -0.25) is 9.59 Å². The number of rotatable bonds is 9. The number of hydrogen-bond acceptors (Lipinski definition) is 6. The van der Waals surface area contributed by atoms with Gasteiger partial charge in [0, 0.05) is 18.4 Å². The van der Waals surface area contributed by atoms with E-state index in [2.05, 4.69) is 6.92 Å². The predicted molar refractivity (Wildman–Crippen MR) is 107 cm³/mol. The van der Waals surface area contributed by atoms with Gasteiger partial charge in [-0.05, 0) is 43.9 Å². The number of aryl methyl sites for hydroxylation is 2. The first-order chi connectivity index (χ1) is 13.4. The first kappa shape index (κ1) is 21.7. The molecule has 0 saturated heterocycles. The molecule has 0 aliphatic rings. The van der Waals surface area contributed by atoms with Crippen molar-refractivity contribution in [3.8, 4) is 5.75 Å². The minimum absolute atomic E-state index is 0.129. The van der Waals surface area contributed by atoms with Crippen molar-refractivity contribution >= 4 is 22.9 Å². The van der Waals surface area contributed by atoms with Crippen LogP contribution in [0.2, 0.25) is 0 Å². The lowest BCUT2D eigenvalue weighted by Gasteiger charge is -2.13. The van der Waals surface area contributed by atoms with Crippen molar-refractivity contribution in [3.63, 3.8) is 0 Å². The second-order valence-electron chi connectivity index (χ2n) is 6.84. The molecule has 0 spiro atoms. The van der Waals surface area contributed by atoms with Crippen LogP contribution in [0.3, 0.4) is 0 Å². The highest BCUT2D eigenvalue weighted by Gasteiger charge is 2.18. The van der Waals surface area contributed by atoms with Crippen LogP contribution in [0.15, 0.2) is 21.3 Å². The molecule has 2 aromatic rings. The molecule has 28 heavy (non-hydrogen) atoms. The molecule has 0 amide bonds. The molecule has 0 N–H and O–H groups in total. The highest BCUT2D eigenvalue weighted by Crippen LogP contribution is 2.30. The van der Waals surface area contributed by atoms with Gasteiger partial charge in [-0.25, -0.2) is 4.79 Å². The van der Waals surface area contributed by atoms with Gasteiger partial charge in [-0.2, -0.15) is 0 Å². The Balaban J connectivity index is 2.49. The van der Waals surface area contributed by atoms with Crippen molar-refractivity contribution in [2.45, 2.75) is 66.2 Å². The summed E-state index contributed by atoms with van der Waals surface area (Å²) in [5, 5.41) is 0.736. The van der Waals surface area contributed by atoms with Crippen molar-refractivity contribution in [2.75, 3.05) is 6.61 Å². The average molecular weight is 388 g/mol. The summed E-state index contributed by atoms with van der Waals surface area (Å²) in [4.78, 5) is 35.7. The molecule has 152 valence electrons. The van der Waals surface area contributed by atoms with E-state index in [4.69, 9.17) is 13.9 Å². The lowest BCUT2D eigenvalue weighted by Crippen LogP contribution is -2.17. The van der Waals surface area contributed by atoms with Gasteiger partial charge in [0.15, 0.2) is 0 Å². The molecule has 1 heterocycles. The van der Waals surface area contributed by atoms with E-state index < -0.39 is 17.6 Å². The summed E-state index contributed by atoms with van der Waals surface area (Å²) in [7, 11) is 0. The van der Waals surface area contributed by atoms with Gasteiger partial charge in [-0.1, -0.05) is 26.2 Å². The third-order valence-corrected chi connectivity index (χ3v) is 4.65. The minimum Gasteiger partial charge on any atom is -0.466 e. The first-order valence-electron chi connectivity index (χ1n) is 9.80. The van der Waals surface area contributed by atoms with Crippen molar-refractivity contribution in [1.82, 2.24) is 0 Å². The average Bonchev–Trinajstić information content (AvgIpc) is 2.63. The summed E-state index contributed by atoms with van der Waals surface area (Å²) in [6, 6.07) is 3.49. The van der Waals surface area contributed by atoms with E-state index in [9.17, 15) is 14.4 Å². The normalized spacial score (nSPS) is 10.9. The van der Waals surface area contributed by atoms with E-state index in [1.54, 1.807) is 19.9 Å². The van der Waals surface area contributed by atoms with E-state index in [1.807, 2.05) is 6.07 Å². The molecule has 6 heteroatoms. The van der Waals surface area contributed by atoms with Crippen LogP contribution in [0.1, 0.15) is 63.1 Å². The minimum atomic E-state index is -0.581. The van der Waals surface area contributed by atoms with Crippen LogP contribution in [-0.4, -0.2) is 18.5 Å². The smallest absolute Gasteiger partial charge is 0.340 e. The Bertz CT molecular complexity index is 909. The van der Waals surface area contributed by atoms with Crippen molar-refractivity contribution in [1.29, 1.82) is 0 Å². The summed E-state index contributed by atoms with van der Waals surface area (Å²) >= 11 is 0. The van der Waals surface area contributed by atoms with Gasteiger partial charge in [0.05, 0.1) is 18.6 Å². The molecule has 1 aromatic heterocycles. The third kappa shape index (κ3) is 5.44. The Morgan fingerprint density at radius 2 is 1.86 bits per heavy atom. The number of carbonyl (C=O) groups is 2. The molecule has 2 rings (SSSR count). The molecule has 0 bridgehead atoms. The quantitative estimate of drug-likeness (QED) is 0.276. The maximum Gasteiger partial charge on any atom is 0.340 e. The van der Waals surface area contributed by atoms with Crippen molar-refractivity contribution in [2.24, 2.45) is 0 Å². The van der Waals surface area contributed by atoms with Crippen LogP contribution in [0.4, 0.5) is 0 Å². The molecule has 1 aromatic carbocycles. The second kappa shape index (κ2) is 10.1. The number of unbranched alkanes of at least 4 members (excludes halogenated alkanes) is 3. The summed E-state index contributed by atoms with van der Waals surface area (Å²) < 4.78 is 15.7. The number of ether oxygens (including phenoxy) is 2. The van der Waals surface area contributed by atoms with Crippen molar-refractivity contribution < 1.29 is 23.5 Å². The standard InChI is InChI=1S/C22H28O6/c1-5-7-8-9-10-16-11-17-14(3)18(12-21(24)26-6-2)22(25)28-20(17)13-19(16)27-15(4)23/h11,13H,5-10,12H2,1-4H3. The van der Waals surface area contributed by atoms with Gasteiger partial charge >= 0.3 is 17.6 Å². The maximum absolute atomic E-state index is 12.4. The van der Waals surface area contributed by atoms with Crippen LogP contribution >= 0.6 is 0 Å². The van der Waals surface area contributed by atoms with Crippen LogP contribution in [-0.2, 0) is 27.2 Å². The summed E-state index contributed by atoms with van der Waals surface area (Å²) in [5.41, 5.74) is 1.62. The van der Waals surface area contributed by atoms with Crippen LogP contribution < -0.4 is 10.4 Å². The molecular weight excluding hydrogens is 360 g/mol. The summed E-state index contributed by atoms with van der Waals surface area (Å²) in [6.07, 6.45) is 4.97. The molecule has 0 unspecified atom stereocenters. The Labute approximate surface area is 164 Å². The lowest BCUT2D eigenvalue weighted by atomic mass is 9.98. The number of fused-ring (bicyclic) bond motifs is 1. The fourth-order valence-corrected chi connectivity index (χ4v) is 3.21. The second-order valence-corrected chi connectivity index (χ2v) is 6.84. The zero-order chi connectivity index (χ0) is 20.7. The van der Waals surface area contributed by atoms with E-state index >= 15 is 0 Å². The fourth-order valence-electron chi connectivity index (χ4n) is 3.21. The third-order valence-electron chi connectivity index (χ3n) is 4.65. The zero-order valence-corrected chi connectivity index (χ0v) is 17.1. The monoisotopic (exact) mass is 388 g/mol. The zero-order valence-electron chi connectivity index (χ0n) is 17.1. The molecule has 0 aliphatic carbocycles. The number of hydrogen-bond donors (Lipinski definition) is 0. The number of esters is 2. The molecule has 6 nitrogen and oxygen atoms in total. The highest BCUT2D eigenvalue weighted by molar-refractivity contribution is 5.86. The maximum atomic E-state index is 12.4. The van der Waals surface area contributed by atoms with Gasteiger partial charge < -0.3 is 13.9 Å². The Kier molecular flexibility index (Phi) is 7.79. The molecule has 0 aliphatic heterocycles. The Morgan fingerprint density at radius 1 is 1.11 bits per heavy atom. The van der Waals surface area contributed by atoms with Crippen LogP contribution in [0.25, 0.3) is 11.0 Å². The number of carbonyl (C=O) groups excluding carboxylic acids is 2. The number of benzene rings is 1. The van der Waals surface area contributed by atoms with E-state index in [1.165, 1.54) is 6.92 Å². The van der Waals surface area contributed by atoms with Gasteiger partial charge in [0.1, 0.15) is 11.3 Å². The fraction of sp³-hybridized carbons (Fsp3) is 0.500. The molecule has 0 fully saturated rings. The Hall–Kier alpha value is -2.63. The van der Waals surface area contributed by atoms with Gasteiger partial charge in [0.2, 0.25) is 0 Å². The molecule has 0 saturated carbocycles.